The Kier molecular flexibility index (Phi) is 10.0. The first-order valence-electron chi connectivity index (χ1n) is 19.8. The predicted octanol–water partition coefficient (Wildman–Crippen LogP) is 8.99. The van der Waals surface area contributed by atoms with Gasteiger partial charge in [-0.3, -0.25) is 9.59 Å². The number of benzene rings is 3. The number of phenols is 1. The molecule has 8 nitrogen and oxygen atoms in total. The summed E-state index contributed by atoms with van der Waals surface area (Å²) in [5.41, 5.74) is 11.6. The van der Waals surface area contributed by atoms with Gasteiger partial charge < -0.3 is 15.6 Å². The quantitative estimate of drug-likeness (QED) is 0.108. The number of anilines is 1. The van der Waals surface area contributed by atoms with E-state index in [9.17, 15) is 23.1 Å². The van der Waals surface area contributed by atoms with Crippen molar-refractivity contribution in [3.05, 3.63) is 123 Å². The predicted molar refractivity (Wildman–Crippen MR) is 218 cm³/mol. The zero-order valence-corrected chi connectivity index (χ0v) is 33.7. The lowest BCUT2D eigenvalue weighted by molar-refractivity contribution is 0.0298. The van der Waals surface area contributed by atoms with Gasteiger partial charge in [0.1, 0.15) is 16.3 Å². The Morgan fingerprint density at radius 3 is 2.49 bits per heavy atom. The van der Waals surface area contributed by atoms with Crippen LogP contribution in [0.2, 0.25) is 0 Å². The molecule has 0 amide bonds. The van der Waals surface area contributed by atoms with Crippen LogP contribution in [0.4, 0.5) is 5.69 Å². The summed E-state index contributed by atoms with van der Waals surface area (Å²) in [5, 5.41) is 11.1. The van der Waals surface area contributed by atoms with Gasteiger partial charge in [0.2, 0.25) is 10.0 Å². The molecule has 4 aliphatic rings. The molecule has 0 bridgehead atoms. The number of sulfonamides is 1. The maximum atomic E-state index is 14.1. The van der Waals surface area contributed by atoms with Gasteiger partial charge >= 0.3 is 0 Å². The molecule has 4 aliphatic carbocycles. The van der Waals surface area contributed by atoms with Gasteiger partial charge in [0.15, 0.2) is 17.3 Å². The van der Waals surface area contributed by atoms with Crippen molar-refractivity contribution < 1.29 is 27.9 Å². The summed E-state index contributed by atoms with van der Waals surface area (Å²) >= 11 is 0. The Balaban J connectivity index is 1.08. The number of carbonyl (C=O) groups excluding carboxylic acids is 2. The number of phenolic OH excluding ortho intramolecular Hbond substituents is 1. The molecule has 9 heteroatoms. The number of ketones is 2. The smallest absolute Gasteiger partial charge is 0.224 e. The van der Waals surface area contributed by atoms with Crippen LogP contribution in [0.15, 0.2) is 78.6 Å². The average molecular weight is 763 g/mol. The van der Waals surface area contributed by atoms with Crippen LogP contribution < -0.4 is 15.2 Å². The number of carbonyl (C=O) groups is 2. The third-order valence-electron chi connectivity index (χ3n) is 13.1. The van der Waals surface area contributed by atoms with E-state index in [-0.39, 0.29) is 50.3 Å². The summed E-state index contributed by atoms with van der Waals surface area (Å²) in [6.45, 7) is 13.2. The highest BCUT2D eigenvalue weighted by molar-refractivity contribution is 7.91. The molecule has 0 spiro atoms. The summed E-state index contributed by atoms with van der Waals surface area (Å²) in [7, 11) is -3.91. The van der Waals surface area contributed by atoms with Gasteiger partial charge in [-0.25, -0.2) is 13.1 Å². The number of unbranched alkanes of at least 4 members (excludes halogenated alkanes) is 1. The first-order chi connectivity index (χ1) is 26.0. The van der Waals surface area contributed by atoms with Crippen molar-refractivity contribution in [1.29, 1.82) is 0 Å². The summed E-state index contributed by atoms with van der Waals surface area (Å²) in [4.78, 5) is 27.3. The lowest BCUT2D eigenvalue weighted by Gasteiger charge is -2.55. The summed E-state index contributed by atoms with van der Waals surface area (Å²) in [6, 6.07) is 13.4. The standard InChI is InChI=1S/C46H54N2O6S/c1-7-8-11-29-13-16-33-34(24-29)43(51)39-36(49)26-37(41(47)40(39)42(33)50)54-32-12-9-21-45(5,23-19-32)55(52,53)48-27-44(4)20-10-22-46(6)35-17-14-30(28(2)3)25-31(35)15-18-38(44)46/h9,12-14,16-17,19,21,23-26,28,38,48-49H,7-8,10-11,15,18,20,22,27,47H2,1-6H3. The molecule has 0 radical (unpaired) electrons. The van der Waals surface area contributed by atoms with Gasteiger partial charge in [0.25, 0.3) is 0 Å². The van der Waals surface area contributed by atoms with Crippen LogP contribution >= 0.6 is 0 Å². The number of rotatable bonds is 10. The minimum absolute atomic E-state index is 0.0166. The SMILES string of the molecule is CCCCc1ccc2c(c1)C(=O)c1c(O)cc(OC3=CC=CC(C)(S(=O)(=O)NCC4(C)CCCC5(C)c6ccc(C(C)C)cc6CCC45)C=C3)c(N)c1C2=O. The number of fused-ring (bicyclic) bond motifs is 5. The molecule has 4 atom stereocenters. The normalized spacial score (nSPS) is 25.8. The van der Waals surface area contributed by atoms with E-state index >= 15 is 0 Å². The van der Waals surface area contributed by atoms with Gasteiger partial charge in [-0.1, -0.05) is 96.0 Å². The molecule has 3 aromatic carbocycles. The molecule has 4 unspecified atom stereocenters. The third kappa shape index (κ3) is 6.67. The van der Waals surface area contributed by atoms with Crippen molar-refractivity contribution in [2.45, 2.75) is 109 Å². The third-order valence-corrected chi connectivity index (χ3v) is 15.0. The Bertz CT molecular complexity index is 2290. The molecule has 0 heterocycles. The minimum atomic E-state index is -3.91. The summed E-state index contributed by atoms with van der Waals surface area (Å²) in [6.07, 6.45) is 15.8. The lowest BCUT2D eigenvalue weighted by Crippen LogP contribution is -2.54. The fraction of sp³-hybridized carbons (Fsp3) is 0.435. The number of aromatic hydroxyl groups is 1. The highest BCUT2D eigenvalue weighted by Gasteiger charge is 2.52. The number of hydrogen-bond donors (Lipinski definition) is 3. The van der Waals surface area contributed by atoms with E-state index in [0.29, 0.717) is 18.4 Å². The number of nitrogens with one attached hydrogen (secondary N) is 1. The first-order valence-corrected chi connectivity index (χ1v) is 21.3. The van der Waals surface area contributed by atoms with Gasteiger partial charge in [-0.05, 0) is 109 Å². The van der Waals surface area contributed by atoms with Crippen LogP contribution in [0.3, 0.4) is 0 Å². The molecule has 1 fully saturated rings. The van der Waals surface area contributed by atoms with Crippen LogP contribution in [-0.2, 0) is 28.3 Å². The molecule has 0 aliphatic heterocycles. The number of ether oxygens (including phenoxy) is 1. The highest BCUT2D eigenvalue weighted by atomic mass is 32.2. The molecule has 1 saturated carbocycles. The molecule has 0 aromatic heterocycles. The molecule has 290 valence electrons. The van der Waals surface area contributed by atoms with Gasteiger partial charge in [0.05, 0.1) is 16.8 Å². The molecule has 7 rings (SSSR count). The molecule has 4 N–H and O–H groups in total. The number of aryl methyl sites for hydroxylation is 2. The van der Waals surface area contributed by atoms with Crippen LogP contribution in [0, 0.1) is 11.3 Å². The van der Waals surface area contributed by atoms with Gasteiger partial charge in [-0.15, -0.1) is 0 Å². The number of nitrogen functional groups attached to an aromatic ring is 1. The second-order valence-corrected chi connectivity index (χ2v) is 19.3. The summed E-state index contributed by atoms with van der Waals surface area (Å²) < 4.78 is 36.0. The van der Waals surface area contributed by atoms with E-state index in [4.69, 9.17) is 10.5 Å². The average Bonchev–Trinajstić information content (AvgIpc) is 3.35. The van der Waals surface area contributed by atoms with Crippen LogP contribution in [0.5, 0.6) is 11.5 Å². The molecule has 55 heavy (non-hydrogen) atoms. The van der Waals surface area contributed by atoms with Crippen LogP contribution in [0.25, 0.3) is 0 Å². The van der Waals surface area contributed by atoms with Crippen molar-refractivity contribution in [2.75, 3.05) is 12.3 Å². The second kappa shape index (κ2) is 14.2. The lowest BCUT2D eigenvalue weighted by atomic mass is 9.50. The minimum Gasteiger partial charge on any atom is -0.507 e. The van der Waals surface area contributed by atoms with Gasteiger partial charge in [0, 0.05) is 23.7 Å². The van der Waals surface area contributed by atoms with E-state index in [1.807, 2.05) is 6.07 Å². The monoisotopic (exact) mass is 762 g/mol. The highest BCUT2D eigenvalue weighted by Crippen LogP contribution is 2.57. The van der Waals surface area contributed by atoms with Crippen LogP contribution in [-0.4, -0.2) is 36.4 Å². The van der Waals surface area contributed by atoms with E-state index in [1.54, 1.807) is 49.4 Å². The van der Waals surface area contributed by atoms with E-state index in [2.05, 4.69) is 57.5 Å². The fourth-order valence-electron chi connectivity index (χ4n) is 9.69. The van der Waals surface area contributed by atoms with E-state index < -0.39 is 32.1 Å². The largest absolute Gasteiger partial charge is 0.507 e. The number of hydrogen-bond acceptors (Lipinski definition) is 7. The summed E-state index contributed by atoms with van der Waals surface area (Å²) in [5.74, 6) is -0.315. The fourth-order valence-corrected chi connectivity index (χ4v) is 11.0. The molecule has 3 aromatic rings. The van der Waals surface area contributed by atoms with Crippen molar-refractivity contribution >= 4 is 27.3 Å². The van der Waals surface area contributed by atoms with Gasteiger partial charge in [-0.2, -0.15) is 0 Å². The van der Waals surface area contributed by atoms with Crippen LogP contribution in [0.1, 0.15) is 140 Å². The Labute approximate surface area is 326 Å². The zero-order chi connectivity index (χ0) is 39.5. The number of allylic oxidation sites excluding steroid dienone is 3. The molecular weight excluding hydrogens is 709 g/mol. The van der Waals surface area contributed by atoms with Crippen molar-refractivity contribution in [1.82, 2.24) is 4.72 Å². The Morgan fingerprint density at radius 1 is 0.982 bits per heavy atom. The topological polar surface area (TPSA) is 136 Å². The Hall–Kier alpha value is -4.47. The van der Waals surface area contributed by atoms with E-state index in [1.165, 1.54) is 22.8 Å². The number of nitrogens with two attached hydrogens (primary N) is 1. The maximum Gasteiger partial charge on any atom is 0.224 e. The van der Waals surface area contributed by atoms with E-state index in [0.717, 1.165) is 56.9 Å². The molecule has 0 saturated heterocycles. The Morgan fingerprint density at radius 2 is 1.75 bits per heavy atom. The van der Waals surface area contributed by atoms with Crippen molar-refractivity contribution in [3.63, 3.8) is 0 Å². The molecular formula is C46H54N2O6S. The van der Waals surface area contributed by atoms with Crippen molar-refractivity contribution in [2.24, 2.45) is 11.3 Å². The maximum absolute atomic E-state index is 14.1. The first kappa shape index (κ1) is 38.8. The second-order valence-electron chi connectivity index (χ2n) is 17.2. The zero-order valence-electron chi connectivity index (χ0n) is 32.9. The van der Waals surface area contributed by atoms with Crippen molar-refractivity contribution in [3.8, 4) is 11.5 Å².